The van der Waals surface area contributed by atoms with Crippen LogP contribution >= 0.6 is 0 Å². The Balaban J connectivity index is 1.55. The van der Waals surface area contributed by atoms with Crippen molar-refractivity contribution in [2.24, 2.45) is 5.92 Å². The molecule has 1 N–H and O–H groups in total. The van der Waals surface area contributed by atoms with Crippen molar-refractivity contribution in [2.45, 2.75) is 70.0 Å². The third-order valence-electron chi connectivity index (χ3n) is 5.59. The lowest BCUT2D eigenvalue weighted by Crippen LogP contribution is -2.47. The number of pyridine rings is 1. The average Bonchev–Trinajstić information content (AvgIpc) is 3.37. The number of hydrogen-bond acceptors (Lipinski definition) is 3. The summed E-state index contributed by atoms with van der Waals surface area (Å²) in [4.78, 5) is 7.10. The van der Waals surface area contributed by atoms with Crippen LogP contribution in [0, 0.1) is 5.92 Å². The Morgan fingerprint density at radius 1 is 1.10 bits per heavy atom. The van der Waals surface area contributed by atoms with E-state index in [1.54, 1.807) is 0 Å². The van der Waals surface area contributed by atoms with Crippen LogP contribution in [0.15, 0.2) is 18.5 Å². The third-order valence-corrected chi connectivity index (χ3v) is 5.59. The zero-order valence-corrected chi connectivity index (χ0v) is 12.9. The topological polar surface area (TPSA) is 28.2 Å². The van der Waals surface area contributed by atoms with Crippen LogP contribution in [0.1, 0.15) is 56.9 Å². The van der Waals surface area contributed by atoms with Crippen LogP contribution in [-0.2, 0) is 6.54 Å². The molecule has 0 bridgehead atoms. The standard InChI is InChI=1S/C18H27N3/c1-2-6-17-14(4-1)5-3-11-21(17)18-9-10-19-12-15(18)13-20-16-7-8-16/h9-10,12,14,16-17,20H,1-8,11,13H2. The molecule has 3 nitrogen and oxygen atoms in total. The van der Waals surface area contributed by atoms with Crippen molar-refractivity contribution in [3.8, 4) is 0 Å². The molecule has 1 aromatic heterocycles. The van der Waals surface area contributed by atoms with Crippen molar-refractivity contribution >= 4 is 5.69 Å². The monoisotopic (exact) mass is 285 g/mol. The Labute approximate surface area is 128 Å². The molecule has 2 aliphatic carbocycles. The molecule has 2 atom stereocenters. The van der Waals surface area contributed by atoms with Gasteiger partial charge in [-0.15, -0.1) is 0 Å². The zero-order chi connectivity index (χ0) is 14.1. The van der Waals surface area contributed by atoms with E-state index >= 15 is 0 Å². The number of aromatic nitrogens is 1. The SMILES string of the molecule is c1cc(N2CCCC3CCCCC32)c(CNC2CC2)cn1. The minimum absolute atomic E-state index is 0.766. The minimum Gasteiger partial charge on any atom is -0.368 e. The summed E-state index contributed by atoms with van der Waals surface area (Å²) in [7, 11) is 0. The molecule has 1 aliphatic heterocycles. The highest BCUT2D eigenvalue weighted by molar-refractivity contribution is 5.53. The molecule has 21 heavy (non-hydrogen) atoms. The average molecular weight is 285 g/mol. The molecule has 114 valence electrons. The Kier molecular flexibility index (Phi) is 3.85. The summed E-state index contributed by atoms with van der Waals surface area (Å²) >= 11 is 0. The van der Waals surface area contributed by atoms with Gasteiger partial charge in [0.2, 0.25) is 0 Å². The molecule has 3 heteroatoms. The summed E-state index contributed by atoms with van der Waals surface area (Å²) in [6.07, 6.45) is 15.3. The first-order valence-electron chi connectivity index (χ1n) is 8.85. The van der Waals surface area contributed by atoms with Crippen molar-refractivity contribution in [3.63, 3.8) is 0 Å². The van der Waals surface area contributed by atoms with Gasteiger partial charge in [-0.2, -0.15) is 0 Å². The lowest BCUT2D eigenvalue weighted by Gasteiger charge is -2.46. The highest BCUT2D eigenvalue weighted by Crippen LogP contribution is 2.38. The van der Waals surface area contributed by atoms with Gasteiger partial charge in [-0.05, 0) is 50.5 Å². The highest BCUT2D eigenvalue weighted by Gasteiger charge is 2.34. The van der Waals surface area contributed by atoms with E-state index in [0.29, 0.717) is 0 Å². The number of rotatable bonds is 4. The summed E-state index contributed by atoms with van der Waals surface area (Å²) in [5, 5.41) is 3.66. The van der Waals surface area contributed by atoms with Crippen LogP contribution in [0.2, 0.25) is 0 Å². The highest BCUT2D eigenvalue weighted by atomic mass is 15.2. The van der Waals surface area contributed by atoms with Crippen molar-refractivity contribution in [1.82, 2.24) is 10.3 Å². The van der Waals surface area contributed by atoms with E-state index in [0.717, 1.165) is 24.5 Å². The van der Waals surface area contributed by atoms with Gasteiger partial charge in [0.15, 0.2) is 0 Å². The normalized spacial score (nSPS) is 29.2. The third kappa shape index (κ3) is 2.94. The maximum atomic E-state index is 4.38. The van der Waals surface area contributed by atoms with Gasteiger partial charge in [0.05, 0.1) is 0 Å². The summed E-state index contributed by atoms with van der Waals surface area (Å²) in [6.45, 7) is 2.23. The van der Waals surface area contributed by atoms with Gasteiger partial charge in [0.1, 0.15) is 0 Å². The van der Waals surface area contributed by atoms with E-state index in [2.05, 4.69) is 27.5 Å². The predicted octanol–water partition coefficient (Wildman–Crippen LogP) is 3.49. The molecular weight excluding hydrogens is 258 g/mol. The molecule has 1 saturated heterocycles. The number of hydrogen-bond donors (Lipinski definition) is 1. The fourth-order valence-electron chi connectivity index (χ4n) is 4.30. The van der Waals surface area contributed by atoms with E-state index in [1.165, 1.54) is 69.2 Å². The molecule has 2 unspecified atom stereocenters. The predicted molar refractivity (Wildman–Crippen MR) is 86.4 cm³/mol. The van der Waals surface area contributed by atoms with Crippen molar-refractivity contribution < 1.29 is 0 Å². The first kappa shape index (κ1) is 13.6. The van der Waals surface area contributed by atoms with Gasteiger partial charge in [0.25, 0.3) is 0 Å². The summed E-state index contributed by atoms with van der Waals surface area (Å²) in [5.41, 5.74) is 2.85. The molecule has 1 aromatic rings. The van der Waals surface area contributed by atoms with Crippen LogP contribution in [0.3, 0.4) is 0 Å². The van der Waals surface area contributed by atoms with Crippen LogP contribution in [0.25, 0.3) is 0 Å². The van der Waals surface area contributed by atoms with Crippen LogP contribution < -0.4 is 10.2 Å². The van der Waals surface area contributed by atoms with E-state index in [9.17, 15) is 0 Å². The Morgan fingerprint density at radius 2 is 1.95 bits per heavy atom. The molecule has 3 fully saturated rings. The molecular formula is C18H27N3. The van der Waals surface area contributed by atoms with Crippen LogP contribution in [-0.4, -0.2) is 23.6 Å². The van der Waals surface area contributed by atoms with Crippen molar-refractivity contribution in [1.29, 1.82) is 0 Å². The fourth-order valence-corrected chi connectivity index (χ4v) is 4.30. The molecule has 0 aromatic carbocycles. The summed E-state index contributed by atoms with van der Waals surface area (Å²) < 4.78 is 0. The van der Waals surface area contributed by atoms with Gasteiger partial charge >= 0.3 is 0 Å². The lowest BCUT2D eigenvalue weighted by molar-refractivity contribution is 0.243. The van der Waals surface area contributed by atoms with Crippen molar-refractivity contribution in [3.05, 3.63) is 24.0 Å². The quantitative estimate of drug-likeness (QED) is 0.918. The number of piperidine rings is 1. The second-order valence-electron chi connectivity index (χ2n) is 7.11. The maximum absolute atomic E-state index is 4.38. The number of anilines is 1. The second kappa shape index (κ2) is 5.96. The zero-order valence-electron chi connectivity index (χ0n) is 12.9. The van der Waals surface area contributed by atoms with Crippen LogP contribution in [0.5, 0.6) is 0 Å². The number of fused-ring (bicyclic) bond motifs is 1. The lowest BCUT2D eigenvalue weighted by atomic mass is 9.78. The second-order valence-corrected chi connectivity index (χ2v) is 7.11. The van der Waals surface area contributed by atoms with Gasteiger partial charge in [0, 0.05) is 48.8 Å². The van der Waals surface area contributed by atoms with E-state index < -0.39 is 0 Å². The largest absolute Gasteiger partial charge is 0.368 e. The van der Waals surface area contributed by atoms with Gasteiger partial charge in [-0.3, -0.25) is 4.98 Å². The van der Waals surface area contributed by atoms with Gasteiger partial charge < -0.3 is 10.2 Å². The van der Waals surface area contributed by atoms with Crippen LogP contribution in [0.4, 0.5) is 5.69 Å². The molecule has 3 aliphatic rings. The molecule has 2 heterocycles. The number of nitrogens with zero attached hydrogens (tertiary/aromatic N) is 2. The fraction of sp³-hybridized carbons (Fsp3) is 0.722. The maximum Gasteiger partial charge on any atom is 0.0445 e. The first-order chi connectivity index (χ1) is 10.4. The minimum atomic E-state index is 0.766. The molecule has 0 radical (unpaired) electrons. The summed E-state index contributed by atoms with van der Waals surface area (Å²) in [6, 6.07) is 3.80. The van der Waals surface area contributed by atoms with Gasteiger partial charge in [-0.1, -0.05) is 12.8 Å². The molecule has 4 rings (SSSR count). The van der Waals surface area contributed by atoms with E-state index in [-0.39, 0.29) is 0 Å². The smallest absolute Gasteiger partial charge is 0.0445 e. The van der Waals surface area contributed by atoms with Gasteiger partial charge in [-0.25, -0.2) is 0 Å². The molecule has 2 saturated carbocycles. The Hall–Kier alpha value is -1.09. The number of nitrogens with one attached hydrogen (secondary N) is 1. The van der Waals surface area contributed by atoms with Crippen molar-refractivity contribution in [2.75, 3.05) is 11.4 Å². The van der Waals surface area contributed by atoms with E-state index in [4.69, 9.17) is 0 Å². The van der Waals surface area contributed by atoms with E-state index in [1.807, 2.05) is 6.20 Å². The molecule has 0 amide bonds. The summed E-state index contributed by atoms with van der Waals surface area (Å²) in [5.74, 6) is 0.935. The Morgan fingerprint density at radius 3 is 2.86 bits per heavy atom. The molecule has 0 spiro atoms. The first-order valence-corrected chi connectivity index (χ1v) is 8.85. The Bertz CT molecular complexity index is 481.